The highest BCUT2D eigenvalue weighted by molar-refractivity contribution is 7.99. The van der Waals surface area contributed by atoms with E-state index in [4.69, 9.17) is 4.74 Å². The molecule has 0 saturated heterocycles. The third-order valence-corrected chi connectivity index (χ3v) is 3.94. The molecule has 0 bridgehead atoms. The molecule has 134 valence electrons. The Balaban J connectivity index is 2.84. The molecule has 0 aromatic heterocycles. The van der Waals surface area contributed by atoms with Crippen molar-refractivity contribution in [1.29, 1.82) is 0 Å². The van der Waals surface area contributed by atoms with Crippen LogP contribution in [0.1, 0.15) is 20.8 Å². The van der Waals surface area contributed by atoms with Gasteiger partial charge in [-0.15, -0.1) is 0 Å². The maximum Gasteiger partial charge on any atom is 0.472 e. The van der Waals surface area contributed by atoms with Gasteiger partial charge in [0.2, 0.25) is 0 Å². The van der Waals surface area contributed by atoms with Crippen LogP contribution < -0.4 is 10.0 Å². The number of hydrogen-bond acceptors (Lipinski definition) is 4. The fourth-order valence-electron chi connectivity index (χ4n) is 1.45. The van der Waals surface area contributed by atoms with E-state index in [1.807, 2.05) is 0 Å². The van der Waals surface area contributed by atoms with Gasteiger partial charge in [-0.25, -0.2) is 9.00 Å². The number of ether oxygens (including phenoxy) is 1. The van der Waals surface area contributed by atoms with Crippen LogP contribution >= 0.6 is 0 Å². The Kier molecular flexibility index (Phi) is 5.54. The zero-order chi connectivity index (χ0) is 18.8. The molecule has 1 rings (SSSR count). The Hall–Kier alpha value is -2.23. The topological polar surface area (TPSA) is 84.5 Å². The number of hydrogen-bond donors (Lipinski definition) is 2. The van der Waals surface area contributed by atoms with E-state index in [0.717, 1.165) is 0 Å². The van der Waals surface area contributed by atoms with Crippen LogP contribution in [-0.2, 0) is 19.2 Å². The van der Waals surface area contributed by atoms with Crippen LogP contribution in [0.15, 0.2) is 29.2 Å². The first kappa shape index (κ1) is 19.8. The number of nitrogens with one attached hydrogen (secondary N) is 2. The van der Waals surface area contributed by atoms with E-state index in [1.54, 1.807) is 20.8 Å². The van der Waals surface area contributed by atoms with E-state index in [9.17, 15) is 27.0 Å². The molecular weight excluding hydrogens is 349 g/mol. The summed E-state index contributed by atoms with van der Waals surface area (Å²) in [6.45, 7) is 5.03. The second-order valence-electron chi connectivity index (χ2n) is 5.76. The summed E-state index contributed by atoms with van der Waals surface area (Å²) < 4.78 is 55.1. The number of carbonyl (C=O) groups excluding carboxylic acids is 2. The van der Waals surface area contributed by atoms with Crippen LogP contribution in [0, 0.1) is 0 Å². The van der Waals surface area contributed by atoms with E-state index in [1.165, 1.54) is 29.0 Å². The van der Waals surface area contributed by atoms with E-state index >= 15 is 0 Å². The molecule has 0 heterocycles. The molecule has 2 amide bonds. The lowest BCUT2D eigenvalue weighted by molar-refractivity contribution is -0.171. The molecule has 0 aliphatic heterocycles. The van der Waals surface area contributed by atoms with Gasteiger partial charge < -0.3 is 4.74 Å². The van der Waals surface area contributed by atoms with Crippen molar-refractivity contribution in [2.45, 2.75) is 37.4 Å². The van der Waals surface area contributed by atoms with Crippen LogP contribution in [-0.4, -0.2) is 33.9 Å². The second kappa shape index (κ2) is 6.71. The van der Waals surface area contributed by atoms with Gasteiger partial charge >= 0.3 is 18.2 Å². The molecular formula is C14H17F3N2O4S. The minimum absolute atomic E-state index is 0.130. The molecule has 0 aliphatic rings. The van der Waals surface area contributed by atoms with E-state index in [0.29, 0.717) is 0 Å². The quantitative estimate of drug-likeness (QED) is 0.806. The first-order valence-electron chi connectivity index (χ1n) is 6.57. The standard InChI is InChI=1S/C14H17F3N2O4S/c1-13(2,3)23-12(21)18-9-5-7-10(8-6-9)24(4,22)19-11(20)14(15,16)17/h5-8H,4H2,1-3H3,(H,18,21)(H,19,20,22). The SMILES string of the molecule is C=S(=O)(NC(=O)C(F)(F)F)c1ccc(NC(=O)OC(C)(C)C)cc1. The number of halogens is 3. The Morgan fingerprint density at radius 2 is 1.62 bits per heavy atom. The molecule has 0 fully saturated rings. The smallest absolute Gasteiger partial charge is 0.444 e. The third-order valence-electron chi connectivity index (χ3n) is 2.40. The summed E-state index contributed by atoms with van der Waals surface area (Å²) in [5.74, 6) is 0.768. The molecule has 1 aromatic carbocycles. The van der Waals surface area contributed by atoms with Crippen molar-refractivity contribution < 1.29 is 31.7 Å². The molecule has 24 heavy (non-hydrogen) atoms. The highest BCUT2D eigenvalue weighted by Crippen LogP contribution is 2.18. The zero-order valence-corrected chi connectivity index (χ0v) is 14.0. The van der Waals surface area contributed by atoms with E-state index < -0.39 is 33.5 Å². The number of alkyl halides is 3. The van der Waals surface area contributed by atoms with Crippen LogP contribution in [0.3, 0.4) is 0 Å². The van der Waals surface area contributed by atoms with Crippen LogP contribution in [0.2, 0.25) is 0 Å². The highest BCUT2D eigenvalue weighted by Gasteiger charge is 2.40. The number of amides is 2. The van der Waals surface area contributed by atoms with Crippen LogP contribution in [0.5, 0.6) is 0 Å². The summed E-state index contributed by atoms with van der Waals surface area (Å²) in [4.78, 5) is 22.3. The maximum atomic E-state index is 12.2. The summed E-state index contributed by atoms with van der Waals surface area (Å²) in [5.41, 5.74) is -0.432. The lowest BCUT2D eigenvalue weighted by Crippen LogP contribution is -2.40. The summed E-state index contributed by atoms with van der Waals surface area (Å²) in [6, 6.07) is 4.95. The van der Waals surface area contributed by atoms with Gasteiger partial charge in [0.05, 0.1) is 9.71 Å². The van der Waals surface area contributed by atoms with Gasteiger partial charge in [-0.2, -0.15) is 13.2 Å². The summed E-state index contributed by atoms with van der Waals surface area (Å²) >= 11 is 0. The monoisotopic (exact) mass is 366 g/mol. The molecule has 0 spiro atoms. The van der Waals surface area contributed by atoms with Crippen molar-refractivity contribution in [1.82, 2.24) is 4.72 Å². The molecule has 1 aromatic rings. The predicted octanol–water partition coefficient (Wildman–Crippen LogP) is 2.70. The van der Waals surface area contributed by atoms with Crippen LogP contribution in [0.25, 0.3) is 0 Å². The number of carbonyl (C=O) groups is 2. The van der Waals surface area contributed by atoms with E-state index in [2.05, 4.69) is 11.2 Å². The minimum atomic E-state index is -5.17. The lowest BCUT2D eigenvalue weighted by atomic mass is 10.2. The van der Waals surface area contributed by atoms with Crippen molar-refractivity contribution in [3.05, 3.63) is 24.3 Å². The Bertz CT molecular complexity index is 720. The fraction of sp³-hybridized carbons (Fsp3) is 0.357. The average Bonchev–Trinajstić information content (AvgIpc) is 2.35. The molecule has 2 N–H and O–H groups in total. The molecule has 1 unspecified atom stereocenters. The normalized spacial score (nSPS) is 14.4. The van der Waals surface area contributed by atoms with Gasteiger partial charge in [0.15, 0.2) is 0 Å². The first-order valence-corrected chi connectivity index (χ1v) is 8.30. The first-order chi connectivity index (χ1) is 10.7. The van der Waals surface area contributed by atoms with E-state index in [-0.39, 0.29) is 10.6 Å². The van der Waals surface area contributed by atoms with Crippen molar-refractivity contribution in [2.24, 2.45) is 0 Å². The second-order valence-corrected chi connectivity index (χ2v) is 7.78. The predicted molar refractivity (Wildman–Crippen MR) is 84.0 cm³/mol. The number of benzene rings is 1. The molecule has 0 aliphatic carbocycles. The van der Waals surface area contributed by atoms with Gasteiger partial charge in [0, 0.05) is 10.6 Å². The third kappa shape index (κ3) is 6.11. The maximum absolute atomic E-state index is 12.2. The summed E-state index contributed by atoms with van der Waals surface area (Å²) in [7, 11) is -3.68. The number of anilines is 1. The van der Waals surface area contributed by atoms with Gasteiger partial charge in [-0.05, 0) is 50.9 Å². The van der Waals surface area contributed by atoms with Crippen LogP contribution in [0.4, 0.5) is 23.7 Å². The molecule has 0 radical (unpaired) electrons. The molecule has 10 heteroatoms. The summed E-state index contributed by atoms with van der Waals surface area (Å²) in [6.07, 6.45) is -5.89. The van der Waals surface area contributed by atoms with Crippen molar-refractivity contribution >= 4 is 33.3 Å². The number of rotatable bonds is 3. The van der Waals surface area contributed by atoms with Crippen molar-refractivity contribution in [3.8, 4) is 0 Å². The Morgan fingerprint density at radius 1 is 1.12 bits per heavy atom. The van der Waals surface area contributed by atoms with Gasteiger partial charge in [-0.1, -0.05) is 0 Å². The average molecular weight is 366 g/mol. The lowest BCUT2D eigenvalue weighted by Gasteiger charge is -2.19. The molecule has 0 saturated carbocycles. The highest BCUT2D eigenvalue weighted by atomic mass is 32.2. The molecule has 6 nitrogen and oxygen atoms in total. The van der Waals surface area contributed by atoms with Crippen molar-refractivity contribution in [2.75, 3.05) is 5.32 Å². The van der Waals surface area contributed by atoms with Gasteiger partial charge in [-0.3, -0.25) is 14.8 Å². The van der Waals surface area contributed by atoms with Crippen molar-refractivity contribution in [3.63, 3.8) is 0 Å². The summed E-state index contributed by atoms with van der Waals surface area (Å²) in [5, 5.41) is 2.40. The fourth-order valence-corrected chi connectivity index (χ4v) is 2.55. The Labute approximate surface area is 137 Å². The Morgan fingerprint density at radius 3 is 2.04 bits per heavy atom. The van der Waals surface area contributed by atoms with Gasteiger partial charge in [0.25, 0.3) is 0 Å². The van der Waals surface area contributed by atoms with Gasteiger partial charge in [0.1, 0.15) is 5.60 Å². The minimum Gasteiger partial charge on any atom is -0.444 e. The zero-order valence-electron chi connectivity index (χ0n) is 13.2. The molecule has 1 atom stereocenters. The largest absolute Gasteiger partial charge is 0.472 e.